The zero-order valence-corrected chi connectivity index (χ0v) is 13.2. The van der Waals surface area contributed by atoms with Crippen LogP contribution in [0.25, 0.3) is 11.1 Å². The molecule has 1 aliphatic heterocycles. The maximum absolute atomic E-state index is 11.7. The summed E-state index contributed by atoms with van der Waals surface area (Å²) >= 11 is 3.72. The Morgan fingerprint density at radius 2 is 2.25 bits per heavy atom. The fourth-order valence-corrected chi connectivity index (χ4v) is 3.49. The molecule has 1 aromatic carbocycles. The third kappa shape index (κ3) is 2.33. The van der Waals surface area contributed by atoms with E-state index in [0.717, 1.165) is 23.9 Å². The summed E-state index contributed by atoms with van der Waals surface area (Å²) in [6.45, 7) is 4.65. The molecule has 3 unspecified atom stereocenters. The Hall–Kier alpha value is -1.07. The fraction of sp³-hybridized carbons (Fsp3) is 0.533. The molecule has 3 rings (SSSR count). The van der Waals surface area contributed by atoms with Gasteiger partial charge < -0.3 is 9.15 Å². The third-order valence-electron chi connectivity index (χ3n) is 3.92. The number of alkyl halides is 1. The average molecular weight is 340 g/mol. The Labute approximate surface area is 125 Å². The molecule has 2 heterocycles. The Morgan fingerprint density at radius 3 is 2.90 bits per heavy atom. The van der Waals surface area contributed by atoms with Crippen molar-refractivity contribution in [2.24, 2.45) is 0 Å². The minimum atomic E-state index is -0.295. The first kappa shape index (κ1) is 13.9. The average Bonchev–Trinajstić information content (AvgIpc) is 2.99. The van der Waals surface area contributed by atoms with Crippen LogP contribution < -0.4 is 5.76 Å². The molecule has 4 nitrogen and oxygen atoms in total. The highest BCUT2D eigenvalue weighted by molar-refractivity contribution is 9.09. The van der Waals surface area contributed by atoms with Crippen molar-refractivity contribution in [2.75, 3.05) is 0 Å². The molecule has 1 fully saturated rings. The van der Waals surface area contributed by atoms with E-state index < -0.39 is 0 Å². The summed E-state index contributed by atoms with van der Waals surface area (Å²) in [6, 6.07) is 5.93. The van der Waals surface area contributed by atoms with Crippen molar-refractivity contribution in [1.29, 1.82) is 0 Å². The lowest BCUT2D eigenvalue weighted by atomic mass is 10.0. The predicted octanol–water partition coefficient (Wildman–Crippen LogP) is 3.62. The van der Waals surface area contributed by atoms with Gasteiger partial charge in [-0.1, -0.05) is 22.0 Å². The molecule has 0 saturated carbocycles. The Morgan fingerprint density at radius 1 is 1.45 bits per heavy atom. The van der Waals surface area contributed by atoms with Crippen LogP contribution >= 0.6 is 15.9 Å². The number of ether oxygens (including phenoxy) is 1. The molecule has 3 atom stereocenters. The van der Waals surface area contributed by atoms with E-state index in [4.69, 9.17) is 9.15 Å². The predicted molar refractivity (Wildman–Crippen MR) is 81.4 cm³/mol. The molecular weight excluding hydrogens is 322 g/mol. The Balaban J connectivity index is 1.95. The van der Waals surface area contributed by atoms with Crippen LogP contribution in [0.2, 0.25) is 0 Å². The maximum Gasteiger partial charge on any atom is 0.419 e. The minimum absolute atomic E-state index is 0.132. The lowest BCUT2D eigenvalue weighted by Gasteiger charge is -2.18. The standard InChI is InChI=1S/C15H18BrNO3/c1-3-17-11-6-5-10(8-13(11)20-15(17)18)14(16)12-7-4-9(2)19-12/h5-6,8-9,12,14H,3-4,7H2,1-2H3. The van der Waals surface area contributed by atoms with E-state index in [9.17, 15) is 4.79 Å². The summed E-state index contributed by atoms with van der Waals surface area (Å²) in [4.78, 5) is 11.8. The SMILES string of the molecule is CCn1c(=O)oc2cc(C(Br)C3CCC(C)O3)ccc21. The number of oxazole rings is 1. The first-order valence-corrected chi connectivity index (χ1v) is 7.94. The molecular formula is C15H18BrNO3. The van der Waals surface area contributed by atoms with Gasteiger partial charge >= 0.3 is 5.76 Å². The van der Waals surface area contributed by atoms with Crippen molar-refractivity contribution in [2.45, 2.75) is 50.3 Å². The van der Waals surface area contributed by atoms with Gasteiger partial charge in [-0.2, -0.15) is 0 Å². The van der Waals surface area contributed by atoms with Gasteiger partial charge in [-0.25, -0.2) is 4.79 Å². The van der Waals surface area contributed by atoms with Gasteiger partial charge in [-0.05, 0) is 44.4 Å². The van der Waals surface area contributed by atoms with Crippen LogP contribution in [0.15, 0.2) is 27.4 Å². The number of aromatic nitrogens is 1. The number of rotatable bonds is 3. The summed E-state index contributed by atoms with van der Waals surface area (Å²) in [6.07, 6.45) is 2.65. The summed E-state index contributed by atoms with van der Waals surface area (Å²) in [7, 11) is 0. The second-order valence-electron chi connectivity index (χ2n) is 5.30. The molecule has 1 saturated heterocycles. The number of hydrogen-bond donors (Lipinski definition) is 0. The van der Waals surface area contributed by atoms with E-state index in [1.807, 2.05) is 25.1 Å². The zero-order chi connectivity index (χ0) is 14.3. The van der Waals surface area contributed by atoms with Gasteiger partial charge in [0.2, 0.25) is 0 Å². The van der Waals surface area contributed by atoms with Gasteiger partial charge in [0.05, 0.1) is 22.6 Å². The van der Waals surface area contributed by atoms with Crippen molar-refractivity contribution in [3.8, 4) is 0 Å². The molecule has 1 aliphatic rings. The molecule has 0 spiro atoms. The molecule has 0 amide bonds. The minimum Gasteiger partial charge on any atom is -0.408 e. The lowest BCUT2D eigenvalue weighted by molar-refractivity contribution is 0.0557. The van der Waals surface area contributed by atoms with E-state index in [-0.39, 0.29) is 16.7 Å². The summed E-state index contributed by atoms with van der Waals surface area (Å²) in [5, 5.41) is 0. The number of hydrogen-bond acceptors (Lipinski definition) is 3. The smallest absolute Gasteiger partial charge is 0.408 e. The highest BCUT2D eigenvalue weighted by Gasteiger charge is 2.29. The molecule has 0 N–H and O–H groups in total. The fourth-order valence-electron chi connectivity index (χ4n) is 2.82. The molecule has 5 heteroatoms. The number of nitrogens with zero attached hydrogens (tertiary/aromatic N) is 1. The monoisotopic (exact) mass is 339 g/mol. The van der Waals surface area contributed by atoms with Gasteiger partial charge in [-0.3, -0.25) is 4.57 Å². The van der Waals surface area contributed by atoms with Crippen molar-refractivity contribution in [3.05, 3.63) is 34.3 Å². The van der Waals surface area contributed by atoms with Crippen LogP contribution in [0.5, 0.6) is 0 Å². The number of benzene rings is 1. The molecule has 0 aliphatic carbocycles. The topological polar surface area (TPSA) is 44.4 Å². The largest absolute Gasteiger partial charge is 0.419 e. The normalized spacial score (nSPS) is 24.4. The van der Waals surface area contributed by atoms with Crippen LogP contribution in [0.1, 0.15) is 37.1 Å². The number of halogens is 1. The van der Waals surface area contributed by atoms with Crippen molar-refractivity contribution in [3.63, 3.8) is 0 Å². The van der Waals surface area contributed by atoms with Crippen molar-refractivity contribution >= 4 is 27.0 Å². The molecule has 20 heavy (non-hydrogen) atoms. The van der Waals surface area contributed by atoms with Gasteiger partial charge in [0.25, 0.3) is 0 Å². The van der Waals surface area contributed by atoms with Gasteiger partial charge in [0, 0.05) is 6.54 Å². The second kappa shape index (κ2) is 5.37. The molecule has 2 aromatic rings. The highest BCUT2D eigenvalue weighted by atomic mass is 79.9. The highest BCUT2D eigenvalue weighted by Crippen LogP contribution is 2.36. The molecule has 0 bridgehead atoms. The van der Waals surface area contributed by atoms with Gasteiger partial charge in [0.1, 0.15) is 0 Å². The number of aryl methyl sites for hydroxylation is 1. The first-order valence-electron chi connectivity index (χ1n) is 7.03. The van der Waals surface area contributed by atoms with Crippen LogP contribution in [0.3, 0.4) is 0 Å². The van der Waals surface area contributed by atoms with Crippen LogP contribution in [0.4, 0.5) is 0 Å². The van der Waals surface area contributed by atoms with Crippen LogP contribution in [0, 0.1) is 0 Å². The van der Waals surface area contributed by atoms with E-state index in [0.29, 0.717) is 18.2 Å². The summed E-state index contributed by atoms with van der Waals surface area (Å²) < 4.78 is 12.8. The van der Waals surface area contributed by atoms with Crippen molar-refractivity contribution in [1.82, 2.24) is 4.57 Å². The van der Waals surface area contributed by atoms with Gasteiger partial charge in [0.15, 0.2) is 5.58 Å². The van der Waals surface area contributed by atoms with E-state index in [2.05, 4.69) is 22.9 Å². The Bertz CT molecular complexity index is 675. The maximum atomic E-state index is 11.7. The van der Waals surface area contributed by atoms with Crippen LogP contribution in [-0.4, -0.2) is 16.8 Å². The summed E-state index contributed by atoms with van der Waals surface area (Å²) in [5.41, 5.74) is 2.58. The van der Waals surface area contributed by atoms with Crippen LogP contribution in [-0.2, 0) is 11.3 Å². The van der Waals surface area contributed by atoms with Gasteiger partial charge in [-0.15, -0.1) is 0 Å². The zero-order valence-electron chi connectivity index (χ0n) is 11.6. The van der Waals surface area contributed by atoms with Crippen molar-refractivity contribution < 1.29 is 9.15 Å². The molecule has 0 radical (unpaired) electrons. The third-order valence-corrected chi connectivity index (χ3v) is 5.04. The van der Waals surface area contributed by atoms with E-state index in [1.54, 1.807) is 4.57 Å². The lowest BCUT2D eigenvalue weighted by Crippen LogP contribution is -2.14. The second-order valence-corrected chi connectivity index (χ2v) is 6.29. The number of fused-ring (bicyclic) bond motifs is 1. The van der Waals surface area contributed by atoms with E-state index in [1.165, 1.54) is 0 Å². The van der Waals surface area contributed by atoms with E-state index >= 15 is 0 Å². The molecule has 1 aromatic heterocycles. The Kier molecular flexibility index (Phi) is 3.73. The quantitative estimate of drug-likeness (QED) is 0.802. The summed E-state index contributed by atoms with van der Waals surface area (Å²) in [5.74, 6) is -0.295. The molecule has 108 valence electrons. The first-order chi connectivity index (χ1) is 9.60.